The van der Waals surface area contributed by atoms with Gasteiger partial charge < -0.3 is 11.5 Å². The average Bonchev–Trinajstić information content (AvgIpc) is 2.27. The maximum Gasteiger partial charge on any atom is 0.181 e. The van der Waals surface area contributed by atoms with E-state index in [2.05, 4.69) is 0 Å². The molecule has 1 aromatic rings. The lowest BCUT2D eigenvalue weighted by Gasteiger charge is -2.15. The van der Waals surface area contributed by atoms with E-state index in [4.69, 9.17) is 23.1 Å². The van der Waals surface area contributed by atoms with Gasteiger partial charge in [0.2, 0.25) is 0 Å². The minimum atomic E-state index is -0.727. The highest BCUT2D eigenvalue weighted by molar-refractivity contribution is 6.18. The van der Waals surface area contributed by atoms with E-state index in [-0.39, 0.29) is 11.7 Å². The van der Waals surface area contributed by atoms with Gasteiger partial charge >= 0.3 is 0 Å². The fourth-order valence-corrected chi connectivity index (χ4v) is 1.28. The summed E-state index contributed by atoms with van der Waals surface area (Å²) < 4.78 is 0. The molecule has 76 valence electrons. The van der Waals surface area contributed by atoms with Crippen molar-refractivity contribution in [3.8, 4) is 0 Å². The topological polar surface area (TPSA) is 69.1 Å². The Kier molecular flexibility index (Phi) is 4.07. The van der Waals surface area contributed by atoms with Crippen molar-refractivity contribution in [3.63, 3.8) is 0 Å². The van der Waals surface area contributed by atoms with Crippen LogP contribution in [0.1, 0.15) is 10.4 Å². The van der Waals surface area contributed by atoms with Crippen molar-refractivity contribution in [2.45, 2.75) is 12.1 Å². The molecule has 0 fully saturated rings. The number of Topliss-reactive ketones (excluding diaryl/α,β-unsaturated/α-hetero) is 1. The summed E-state index contributed by atoms with van der Waals surface area (Å²) >= 11 is 5.52. The second kappa shape index (κ2) is 5.10. The molecule has 4 N–H and O–H groups in total. The van der Waals surface area contributed by atoms with E-state index in [0.717, 1.165) is 0 Å². The maximum absolute atomic E-state index is 11.7. The van der Waals surface area contributed by atoms with Gasteiger partial charge in [-0.15, -0.1) is 11.6 Å². The van der Waals surface area contributed by atoms with Crippen LogP contribution in [0.15, 0.2) is 30.3 Å². The van der Waals surface area contributed by atoms with Crippen LogP contribution in [0.2, 0.25) is 0 Å². The van der Waals surface area contributed by atoms with Gasteiger partial charge in [-0.2, -0.15) is 0 Å². The lowest BCUT2D eigenvalue weighted by atomic mass is 10.0. The molecule has 14 heavy (non-hydrogen) atoms. The van der Waals surface area contributed by atoms with Crippen LogP contribution in [0.25, 0.3) is 0 Å². The highest BCUT2D eigenvalue weighted by Crippen LogP contribution is 2.04. The summed E-state index contributed by atoms with van der Waals surface area (Å²) in [5, 5.41) is 0. The predicted molar refractivity (Wildman–Crippen MR) is 57.4 cm³/mol. The number of ketones is 1. The fourth-order valence-electron chi connectivity index (χ4n) is 1.09. The van der Waals surface area contributed by atoms with Crippen molar-refractivity contribution in [1.82, 2.24) is 0 Å². The number of carbonyl (C=O) groups is 1. The summed E-state index contributed by atoms with van der Waals surface area (Å²) in [4.78, 5) is 11.7. The number of benzene rings is 1. The molecule has 0 amide bonds. The molecular weight excluding hydrogens is 200 g/mol. The predicted octanol–water partition coefficient (Wildman–Crippen LogP) is 0.763. The van der Waals surface area contributed by atoms with Gasteiger partial charge in [0.1, 0.15) is 0 Å². The van der Waals surface area contributed by atoms with Crippen LogP contribution in [0.3, 0.4) is 0 Å². The molecule has 0 heterocycles. The molecule has 0 aliphatic carbocycles. The first kappa shape index (κ1) is 11.2. The number of nitrogens with two attached hydrogens (primary N) is 2. The zero-order chi connectivity index (χ0) is 10.6. The molecule has 0 saturated heterocycles. The molecule has 4 heteroatoms. The van der Waals surface area contributed by atoms with Crippen molar-refractivity contribution in [1.29, 1.82) is 0 Å². The van der Waals surface area contributed by atoms with Gasteiger partial charge in [0.15, 0.2) is 5.78 Å². The van der Waals surface area contributed by atoms with Crippen molar-refractivity contribution in [3.05, 3.63) is 35.9 Å². The van der Waals surface area contributed by atoms with E-state index in [0.29, 0.717) is 5.56 Å². The quantitative estimate of drug-likeness (QED) is 0.572. The van der Waals surface area contributed by atoms with E-state index in [1.807, 2.05) is 6.07 Å². The van der Waals surface area contributed by atoms with Gasteiger partial charge in [-0.25, -0.2) is 0 Å². The van der Waals surface area contributed by atoms with E-state index in [1.165, 1.54) is 0 Å². The van der Waals surface area contributed by atoms with Crippen LogP contribution >= 0.6 is 11.6 Å². The number of alkyl halides is 1. The standard InChI is InChI=1S/C10H13ClN2O/c11-6-8(12)9(13)10(14)7-4-2-1-3-5-7/h1-5,8-9H,6,12-13H2. The molecule has 0 aliphatic heterocycles. The molecule has 0 bridgehead atoms. The first-order valence-corrected chi connectivity index (χ1v) is 4.86. The molecular formula is C10H13ClN2O. The lowest BCUT2D eigenvalue weighted by Crippen LogP contribution is -2.48. The Labute approximate surface area is 88.0 Å². The number of hydrogen-bond donors (Lipinski definition) is 2. The highest BCUT2D eigenvalue weighted by Gasteiger charge is 2.21. The average molecular weight is 213 g/mol. The molecule has 2 atom stereocenters. The Balaban J connectivity index is 2.76. The van der Waals surface area contributed by atoms with Crippen LogP contribution in [0.4, 0.5) is 0 Å². The Morgan fingerprint density at radius 3 is 2.36 bits per heavy atom. The molecule has 0 radical (unpaired) electrons. The van der Waals surface area contributed by atoms with Crippen LogP contribution in [0.5, 0.6) is 0 Å². The first-order chi connectivity index (χ1) is 6.66. The molecule has 1 rings (SSSR count). The van der Waals surface area contributed by atoms with Gasteiger partial charge in [-0.3, -0.25) is 4.79 Å². The summed E-state index contributed by atoms with van der Waals surface area (Å²) in [7, 11) is 0. The summed E-state index contributed by atoms with van der Waals surface area (Å²) in [6, 6.07) is 7.60. The molecule has 0 spiro atoms. The third kappa shape index (κ3) is 2.54. The summed E-state index contributed by atoms with van der Waals surface area (Å²) in [5.74, 6) is 0.0125. The number of rotatable bonds is 4. The molecule has 2 unspecified atom stereocenters. The van der Waals surface area contributed by atoms with Crippen LogP contribution in [0, 0.1) is 0 Å². The summed E-state index contributed by atoms with van der Waals surface area (Å²) in [6.07, 6.45) is 0. The molecule has 0 aromatic heterocycles. The van der Waals surface area contributed by atoms with Crippen molar-refractivity contribution >= 4 is 17.4 Å². The van der Waals surface area contributed by atoms with Crippen molar-refractivity contribution < 1.29 is 4.79 Å². The Morgan fingerprint density at radius 2 is 1.86 bits per heavy atom. The van der Waals surface area contributed by atoms with Gasteiger partial charge in [0, 0.05) is 17.5 Å². The minimum absolute atomic E-state index is 0.168. The second-order valence-electron chi connectivity index (χ2n) is 3.07. The Bertz CT molecular complexity index is 302. The largest absolute Gasteiger partial charge is 0.325 e. The Hall–Kier alpha value is -0.900. The van der Waals surface area contributed by atoms with Gasteiger partial charge in [0.05, 0.1) is 6.04 Å². The van der Waals surface area contributed by atoms with Gasteiger partial charge in [-0.05, 0) is 0 Å². The van der Waals surface area contributed by atoms with E-state index in [1.54, 1.807) is 24.3 Å². The zero-order valence-electron chi connectivity index (χ0n) is 7.69. The number of halogens is 1. The third-order valence-corrected chi connectivity index (χ3v) is 2.36. The monoisotopic (exact) mass is 212 g/mol. The third-order valence-electron chi connectivity index (χ3n) is 2.00. The number of carbonyl (C=O) groups excluding carboxylic acids is 1. The molecule has 0 aliphatic rings. The van der Waals surface area contributed by atoms with Crippen molar-refractivity contribution in [2.24, 2.45) is 11.5 Å². The molecule has 0 saturated carbocycles. The first-order valence-electron chi connectivity index (χ1n) is 4.33. The second-order valence-corrected chi connectivity index (χ2v) is 3.38. The van der Waals surface area contributed by atoms with Crippen LogP contribution in [-0.2, 0) is 0 Å². The highest BCUT2D eigenvalue weighted by atomic mass is 35.5. The normalized spacial score (nSPS) is 14.8. The van der Waals surface area contributed by atoms with E-state index >= 15 is 0 Å². The maximum atomic E-state index is 11.7. The molecule has 3 nitrogen and oxygen atoms in total. The summed E-state index contributed by atoms with van der Waals surface area (Å²) in [5.41, 5.74) is 11.8. The van der Waals surface area contributed by atoms with Gasteiger partial charge in [0.25, 0.3) is 0 Å². The van der Waals surface area contributed by atoms with Crippen LogP contribution < -0.4 is 11.5 Å². The fraction of sp³-hybridized carbons (Fsp3) is 0.300. The molecule has 1 aromatic carbocycles. The Morgan fingerprint density at radius 1 is 1.29 bits per heavy atom. The summed E-state index contributed by atoms with van der Waals surface area (Å²) in [6.45, 7) is 0. The SMILES string of the molecule is NC(CCl)C(N)C(=O)c1ccccc1. The lowest BCUT2D eigenvalue weighted by molar-refractivity contribution is 0.0953. The van der Waals surface area contributed by atoms with E-state index < -0.39 is 12.1 Å². The van der Waals surface area contributed by atoms with Gasteiger partial charge in [-0.1, -0.05) is 30.3 Å². The number of hydrogen-bond acceptors (Lipinski definition) is 3. The van der Waals surface area contributed by atoms with E-state index in [9.17, 15) is 4.79 Å². The van der Waals surface area contributed by atoms with Crippen molar-refractivity contribution in [2.75, 3.05) is 5.88 Å². The van der Waals surface area contributed by atoms with Crippen LogP contribution in [-0.4, -0.2) is 23.7 Å². The minimum Gasteiger partial charge on any atom is -0.325 e. The smallest absolute Gasteiger partial charge is 0.181 e. The zero-order valence-corrected chi connectivity index (χ0v) is 8.45.